The van der Waals surface area contributed by atoms with Gasteiger partial charge in [0.2, 0.25) is 11.8 Å². The smallest absolute Gasteiger partial charge is 0.319 e. The molecule has 0 spiro atoms. The van der Waals surface area contributed by atoms with E-state index in [9.17, 15) is 19.2 Å². The summed E-state index contributed by atoms with van der Waals surface area (Å²) in [4.78, 5) is 55.5. The number of carbonyl (C=O) groups excluding carboxylic acids is 4. The molecule has 1 atom stereocenters. The first-order valence-corrected chi connectivity index (χ1v) is 12.5. The lowest BCUT2D eigenvalue weighted by molar-refractivity contribution is -0.136. The van der Waals surface area contributed by atoms with Crippen LogP contribution in [0.4, 0.5) is 10.5 Å². The van der Waals surface area contributed by atoms with Gasteiger partial charge in [-0.05, 0) is 67.8 Å². The van der Waals surface area contributed by atoms with Crippen LogP contribution in [0.2, 0.25) is 0 Å². The Morgan fingerprint density at radius 1 is 1.13 bits per heavy atom. The van der Waals surface area contributed by atoms with Crippen molar-refractivity contribution in [2.24, 2.45) is 0 Å². The van der Waals surface area contributed by atoms with Gasteiger partial charge in [-0.1, -0.05) is 18.2 Å². The highest BCUT2D eigenvalue weighted by Crippen LogP contribution is 2.30. The van der Waals surface area contributed by atoms with E-state index in [1.54, 1.807) is 42.6 Å². The third-order valence-electron chi connectivity index (χ3n) is 6.98. The second-order valence-electron chi connectivity index (χ2n) is 10.1. The average Bonchev–Trinajstić information content (AvgIpc) is 3.23. The van der Waals surface area contributed by atoms with E-state index in [1.165, 1.54) is 4.90 Å². The fraction of sp³-hybridized carbons (Fsp3) is 0.241. The molecule has 1 saturated heterocycles. The van der Waals surface area contributed by atoms with E-state index in [0.29, 0.717) is 22.4 Å². The Hall–Kier alpha value is -5.04. The number of carbonyl (C=O) groups is 4. The maximum atomic E-state index is 12.9. The Morgan fingerprint density at radius 3 is 2.67 bits per heavy atom. The average molecular weight is 523 g/mol. The molecule has 10 heteroatoms. The number of nitrogens with zero attached hydrogens (tertiary/aromatic N) is 3. The summed E-state index contributed by atoms with van der Waals surface area (Å²) in [5.41, 5.74) is 3.81. The molecule has 0 saturated carbocycles. The zero-order valence-corrected chi connectivity index (χ0v) is 21.4. The molecule has 5 rings (SSSR count). The minimum absolute atomic E-state index is 0.186. The van der Waals surface area contributed by atoms with Gasteiger partial charge in [0.05, 0.1) is 22.9 Å². The SMILES string of the molecule is CC(C)(NC(=O)Nc1ccc2c(c1)CN(C1CCC(=O)NC1=O)C2=O)c1ccc(-c2cccc(C#N)c2)nc1. The number of fused-ring (bicyclic) bond motifs is 1. The molecule has 10 nitrogen and oxygen atoms in total. The minimum Gasteiger partial charge on any atom is -0.329 e. The molecule has 2 aliphatic rings. The van der Waals surface area contributed by atoms with Crippen molar-refractivity contribution in [3.63, 3.8) is 0 Å². The second-order valence-corrected chi connectivity index (χ2v) is 10.1. The van der Waals surface area contributed by atoms with Crippen LogP contribution in [0, 0.1) is 11.3 Å². The second kappa shape index (κ2) is 10.0. The molecule has 1 fully saturated rings. The first kappa shape index (κ1) is 25.6. The van der Waals surface area contributed by atoms with Crippen LogP contribution >= 0.6 is 0 Å². The van der Waals surface area contributed by atoms with Crippen LogP contribution in [0.3, 0.4) is 0 Å². The van der Waals surface area contributed by atoms with E-state index in [-0.39, 0.29) is 31.2 Å². The molecule has 196 valence electrons. The van der Waals surface area contributed by atoms with Crippen LogP contribution in [0.15, 0.2) is 60.8 Å². The van der Waals surface area contributed by atoms with Gasteiger partial charge >= 0.3 is 6.03 Å². The fourth-order valence-electron chi connectivity index (χ4n) is 4.85. The number of pyridine rings is 1. The third-order valence-corrected chi connectivity index (χ3v) is 6.98. The Labute approximate surface area is 225 Å². The number of imide groups is 1. The van der Waals surface area contributed by atoms with Crippen molar-refractivity contribution in [2.45, 2.75) is 44.8 Å². The monoisotopic (exact) mass is 522 g/mol. The Bertz CT molecular complexity index is 1540. The number of rotatable bonds is 5. The van der Waals surface area contributed by atoms with Crippen molar-refractivity contribution >= 4 is 29.4 Å². The standard InChI is InChI=1S/C29H26N6O4/c1-29(2,20-6-9-23(31-15-20)18-5-3-4-17(12-18)14-30)34-28(39)32-21-7-8-22-19(13-21)16-35(27(22)38)24-10-11-25(36)33-26(24)37/h3-9,12-13,15,24H,10-11,16H2,1-2H3,(H2,32,34,39)(H,33,36,37). The van der Waals surface area contributed by atoms with Crippen LogP contribution in [-0.4, -0.2) is 39.7 Å². The van der Waals surface area contributed by atoms with Crippen molar-refractivity contribution in [1.82, 2.24) is 20.5 Å². The van der Waals surface area contributed by atoms with Crippen LogP contribution in [0.25, 0.3) is 11.3 Å². The molecule has 2 aliphatic heterocycles. The van der Waals surface area contributed by atoms with Crippen LogP contribution in [0.1, 0.15) is 53.7 Å². The van der Waals surface area contributed by atoms with E-state index in [0.717, 1.165) is 16.8 Å². The number of anilines is 1. The number of amides is 5. The Kier molecular flexibility index (Phi) is 6.58. The molecule has 3 N–H and O–H groups in total. The molecule has 39 heavy (non-hydrogen) atoms. The summed E-state index contributed by atoms with van der Waals surface area (Å²) in [5, 5.41) is 17.2. The largest absolute Gasteiger partial charge is 0.329 e. The summed E-state index contributed by atoms with van der Waals surface area (Å²) in [7, 11) is 0. The molecule has 3 heterocycles. The number of benzene rings is 2. The highest BCUT2D eigenvalue weighted by molar-refractivity contribution is 6.05. The summed E-state index contributed by atoms with van der Waals surface area (Å²) in [5.74, 6) is -1.07. The highest BCUT2D eigenvalue weighted by atomic mass is 16.2. The van der Waals surface area contributed by atoms with Crippen LogP contribution < -0.4 is 16.0 Å². The number of hydrogen-bond donors (Lipinski definition) is 3. The molecule has 1 aromatic heterocycles. The fourth-order valence-corrected chi connectivity index (χ4v) is 4.85. The predicted molar refractivity (Wildman–Crippen MR) is 142 cm³/mol. The molecule has 5 amide bonds. The maximum Gasteiger partial charge on any atom is 0.319 e. The van der Waals surface area contributed by atoms with Gasteiger partial charge in [-0.25, -0.2) is 4.79 Å². The summed E-state index contributed by atoms with van der Waals surface area (Å²) < 4.78 is 0. The van der Waals surface area contributed by atoms with E-state index in [1.807, 2.05) is 32.0 Å². The molecule has 0 aliphatic carbocycles. The van der Waals surface area contributed by atoms with Gasteiger partial charge < -0.3 is 15.5 Å². The molecule has 2 aromatic carbocycles. The van der Waals surface area contributed by atoms with Gasteiger partial charge in [0.25, 0.3) is 5.91 Å². The lowest BCUT2D eigenvalue weighted by atomic mass is 9.95. The topological polar surface area (TPSA) is 144 Å². The minimum atomic E-state index is -0.751. The first-order chi connectivity index (χ1) is 18.6. The molecule has 1 unspecified atom stereocenters. The van der Waals surface area contributed by atoms with Gasteiger partial charge in [0.1, 0.15) is 6.04 Å². The number of piperidine rings is 1. The first-order valence-electron chi connectivity index (χ1n) is 12.5. The highest BCUT2D eigenvalue weighted by Gasteiger charge is 2.39. The molecular formula is C29H26N6O4. The number of hydrogen-bond acceptors (Lipinski definition) is 6. The molecular weight excluding hydrogens is 496 g/mol. The summed E-state index contributed by atoms with van der Waals surface area (Å²) in [6.07, 6.45) is 2.17. The van der Waals surface area contributed by atoms with Gasteiger partial charge in [0.15, 0.2) is 0 Å². The Morgan fingerprint density at radius 2 is 1.95 bits per heavy atom. The van der Waals surface area contributed by atoms with E-state index >= 15 is 0 Å². The number of urea groups is 1. The summed E-state index contributed by atoms with van der Waals surface area (Å²) >= 11 is 0. The lowest BCUT2D eigenvalue weighted by Crippen LogP contribution is -2.52. The van der Waals surface area contributed by atoms with Gasteiger partial charge in [-0.15, -0.1) is 0 Å². The zero-order chi connectivity index (χ0) is 27.7. The Balaban J connectivity index is 1.24. The van der Waals surface area contributed by atoms with Crippen molar-refractivity contribution < 1.29 is 19.2 Å². The van der Waals surface area contributed by atoms with Crippen LogP contribution in [0.5, 0.6) is 0 Å². The van der Waals surface area contributed by atoms with Gasteiger partial charge in [-0.2, -0.15) is 5.26 Å². The summed E-state index contributed by atoms with van der Waals surface area (Å²) in [6, 6.07) is 16.9. The van der Waals surface area contributed by atoms with Crippen molar-refractivity contribution in [2.75, 3.05) is 5.32 Å². The number of aromatic nitrogens is 1. The molecule has 3 aromatic rings. The normalized spacial score (nSPS) is 16.8. The molecule has 0 radical (unpaired) electrons. The van der Waals surface area contributed by atoms with Gasteiger partial charge in [0, 0.05) is 36.0 Å². The maximum absolute atomic E-state index is 12.9. The van der Waals surface area contributed by atoms with E-state index < -0.39 is 23.5 Å². The zero-order valence-electron chi connectivity index (χ0n) is 21.4. The predicted octanol–water partition coefficient (Wildman–Crippen LogP) is 3.44. The summed E-state index contributed by atoms with van der Waals surface area (Å²) in [6.45, 7) is 3.94. The van der Waals surface area contributed by atoms with Crippen molar-refractivity contribution in [1.29, 1.82) is 5.26 Å². The van der Waals surface area contributed by atoms with E-state index in [2.05, 4.69) is 27.0 Å². The van der Waals surface area contributed by atoms with E-state index in [4.69, 9.17) is 5.26 Å². The van der Waals surface area contributed by atoms with Crippen molar-refractivity contribution in [3.05, 3.63) is 83.0 Å². The lowest BCUT2D eigenvalue weighted by Gasteiger charge is -2.29. The third kappa shape index (κ3) is 5.20. The molecule has 0 bridgehead atoms. The van der Waals surface area contributed by atoms with Crippen LogP contribution in [-0.2, 0) is 21.7 Å². The van der Waals surface area contributed by atoms with Crippen molar-refractivity contribution in [3.8, 4) is 17.3 Å². The quantitative estimate of drug-likeness (QED) is 0.438. The number of nitrogens with one attached hydrogen (secondary N) is 3. The van der Waals surface area contributed by atoms with Gasteiger partial charge in [-0.3, -0.25) is 24.7 Å². The number of nitriles is 1.